The van der Waals surface area contributed by atoms with Gasteiger partial charge in [-0.05, 0) is 38.0 Å². The van der Waals surface area contributed by atoms with Crippen molar-refractivity contribution in [3.63, 3.8) is 0 Å². The predicted molar refractivity (Wildman–Crippen MR) is 94.4 cm³/mol. The molecule has 0 radical (unpaired) electrons. The summed E-state index contributed by atoms with van der Waals surface area (Å²) in [5, 5.41) is 2.63. The zero-order valence-electron chi connectivity index (χ0n) is 14.5. The van der Waals surface area contributed by atoms with Crippen LogP contribution < -0.4 is 5.32 Å². The van der Waals surface area contributed by atoms with Crippen LogP contribution in [0.1, 0.15) is 16.7 Å². The number of halogens is 2. The minimum atomic E-state index is -0.721. The Labute approximate surface area is 150 Å². The largest absolute Gasteiger partial charge is 0.351 e. The third-order valence-corrected chi connectivity index (χ3v) is 4.31. The highest BCUT2D eigenvalue weighted by molar-refractivity contribution is 6.17. The molecule has 0 unspecified atom stereocenters. The maximum absolute atomic E-state index is 13.6. The molecule has 134 valence electrons. The summed E-state index contributed by atoms with van der Waals surface area (Å²) < 4.78 is 27.3. The zero-order valence-corrected chi connectivity index (χ0v) is 14.5. The molecule has 1 aliphatic heterocycles. The molecule has 1 aliphatic rings. The number of carbonyl (C=O) groups is 2. The summed E-state index contributed by atoms with van der Waals surface area (Å²) in [6.07, 6.45) is 1.68. The van der Waals surface area contributed by atoms with Crippen LogP contribution in [0, 0.1) is 25.5 Å². The molecule has 26 heavy (non-hydrogen) atoms. The van der Waals surface area contributed by atoms with Gasteiger partial charge in [0, 0.05) is 23.9 Å². The third-order valence-electron chi connectivity index (χ3n) is 4.31. The normalized spacial score (nSPS) is 14.0. The van der Waals surface area contributed by atoms with Gasteiger partial charge in [0.1, 0.15) is 17.3 Å². The van der Waals surface area contributed by atoms with Crippen LogP contribution in [0.2, 0.25) is 0 Å². The zero-order chi connectivity index (χ0) is 18.8. The average Bonchev–Trinajstić information content (AvgIpc) is 2.86. The molecule has 0 saturated carbocycles. The van der Waals surface area contributed by atoms with Crippen molar-refractivity contribution >= 4 is 17.5 Å². The number of imide groups is 1. The summed E-state index contributed by atoms with van der Waals surface area (Å²) in [5.41, 5.74) is 2.13. The minimum absolute atomic E-state index is 0.00144. The lowest BCUT2D eigenvalue weighted by Crippen LogP contribution is -2.33. The lowest BCUT2D eigenvalue weighted by molar-refractivity contribution is -0.137. The molecule has 1 N–H and O–H groups in total. The van der Waals surface area contributed by atoms with Crippen LogP contribution in [0.15, 0.2) is 48.2 Å². The summed E-state index contributed by atoms with van der Waals surface area (Å²) in [5.74, 6) is -2.40. The van der Waals surface area contributed by atoms with E-state index in [4.69, 9.17) is 0 Å². The summed E-state index contributed by atoms with van der Waals surface area (Å²) in [7, 11) is 0. The molecule has 0 aromatic heterocycles. The van der Waals surface area contributed by atoms with Crippen LogP contribution in [0.3, 0.4) is 0 Å². The monoisotopic (exact) mass is 356 g/mol. The quantitative estimate of drug-likeness (QED) is 0.835. The number of anilines is 1. The van der Waals surface area contributed by atoms with Gasteiger partial charge < -0.3 is 5.32 Å². The fraction of sp³-hybridized carbons (Fsp3) is 0.200. The number of nitrogens with one attached hydrogen (secondary N) is 1. The molecule has 2 aromatic rings. The first-order valence-corrected chi connectivity index (χ1v) is 8.21. The van der Waals surface area contributed by atoms with Crippen LogP contribution >= 0.6 is 0 Å². The van der Waals surface area contributed by atoms with Gasteiger partial charge in [-0.2, -0.15) is 0 Å². The Bertz CT molecular complexity index is 882. The van der Waals surface area contributed by atoms with Crippen LogP contribution in [0.4, 0.5) is 14.5 Å². The van der Waals surface area contributed by atoms with E-state index in [1.54, 1.807) is 0 Å². The van der Waals surface area contributed by atoms with E-state index in [-0.39, 0.29) is 23.5 Å². The number of hydrogen-bond donors (Lipinski definition) is 1. The maximum Gasteiger partial charge on any atom is 0.277 e. The molecule has 0 saturated heterocycles. The third kappa shape index (κ3) is 3.64. The lowest BCUT2D eigenvalue weighted by Gasteiger charge is -2.15. The molecular formula is C20H18F2N2O2. The molecule has 0 fully saturated rings. The van der Waals surface area contributed by atoms with Crippen molar-refractivity contribution in [3.8, 4) is 0 Å². The van der Waals surface area contributed by atoms with Crippen molar-refractivity contribution in [2.24, 2.45) is 0 Å². The number of aryl methyl sites for hydroxylation is 1. The van der Waals surface area contributed by atoms with Crippen molar-refractivity contribution in [1.82, 2.24) is 4.90 Å². The average molecular weight is 356 g/mol. The topological polar surface area (TPSA) is 49.4 Å². The van der Waals surface area contributed by atoms with E-state index in [2.05, 4.69) is 5.32 Å². The lowest BCUT2D eigenvalue weighted by atomic mass is 10.1. The molecular weight excluding hydrogens is 338 g/mol. The molecule has 0 aliphatic carbocycles. The predicted octanol–water partition coefficient (Wildman–Crippen LogP) is 3.49. The second-order valence-electron chi connectivity index (χ2n) is 6.28. The van der Waals surface area contributed by atoms with Gasteiger partial charge in [0.05, 0.1) is 0 Å². The van der Waals surface area contributed by atoms with E-state index in [1.165, 1.54) is 6.92 Å². The van der Waals surface area contributed by atoms with Crippen molar-refractivity contribution in [2.75, 3.05) is 11.9 Å². The van der Waals surface area contributed by atoms with E-state index in [0.29, 0.717) is 6.42 Å². The van der Waals surface area contributed by atoms with Crippen molar-refractivity contribution in [3.05, 3.63) is 76.5 Å². The molecule has 6 heteroatoms. The van der Waals surface area contributed by atoms with E-state index in [0.717, 1.165) is 34.2 Å². The second-order valence-corrected chi connectivity index (χ2v) is 6.28. The Balaban J connectivity index is 1.68. The number of carbonyl (C=O) groups excluding carboxylic acids is 2. The van der Waals surface area contributed by atoms with Crippen molar-refractivity contribution < 1.29 is 18.4 Å². The number of benzene rings is 2. The standard InChI is InChI=1S/C20H18F2N2O2/c1-12-3-5-14(6-4-12)7-8-24-19(25)11-18(20(24)26)23-15-9-16(21)13(2)17(22)10-15/h3-6,9-11,23H,7-8H2,1-2H3. The summed E-state index contributed by atoms with van der Waals surface area (Å²) in [6, 6.07) is 10.0. The first-order chi connectivity index (χ1) is 12.3. The Kier molecular flexibility index (Phi) is 4.84. The molecule has 1 heterocycles. The molecule has 4 nitrogen and oxygen atoms in total. The first kappa shape index (κ1) is 17.8. The molecule has 2 aromatic carbocycles. The summed E-state index contributed by atoms with van der Waals surface area (Å²) >= 11 is 0. The van der Waals surface area contributed by atoms with Crippen LogP contribution in [0.25, 0.3) is 0 Å². The van der Waals surface area contributed by atoms with E-state index < -0.39 is 23.4 Å². The molecule has 3 rings (SSSR count). The van der Waals surface area contributed by atoms with Crippen molar-refractivity contribution in [1.29, 1.82) is 0 Å². The highest BCUT2D eigenvalue weighted by Crippen LogP contribution is 2.22. The molecule has 0 atom stereocenters. The fourth-order valence-electron chi connectivity index (χ4n) is 2.68. The highest BCUT2D eigenvalue weighted by atomic mass is 19.1. The van der Waals surface area contributed by atoms with E-state index >= 15 is 0 Å². The van der Waals surface area contributed by atoms with Gasteiger partial charge in [0.25, 0.3) is 11.8 Å². The number of hydrogen-bond acceptors (Lipinski definition) is 3. The van der Waals surface area contributed by atoms with Gasteiger partial charge in [-0.1, -0.05) is 29.8 Å². The SMILES string of the molecule is Cc1ccc(CCN2C(=O)C=C(Nc3cc(F)c(C)c(F)c3)C2=O)cc1. The van der Waals surface area contributed by atoms with Crippen molar-refractivity contribution in [2.45, 2.75) is 20.3 Å². The van der Waals surface area contributed by atoms with Gasteiger partial charge in [-0.25, -0.2) is 8.78 Å². The van der Waals surface area contributed by atoms with Gasteiger partial charge in [0.15, 0.2) is 0 Å². The molecule has 0 spiro atoms. The summed E-state index contributed by atoms with van der Waals surface area (Å²) in [4.78, 5) is 25.6. The second kappa shape index (κ2) is 7.07. The van der Waals surface area contributed by atoms with Gasteiger partial charge in [-0.3, -0.25) is 14.5 Å². The smallest absolute Gasteiger partial charge is 0.277 e. The minimum Gasteiger partial charge on any atom is -0.351 e. The summed E-state index contributed by atoms with van der Waals surface area (Å²) in [6.45, 7) is 3.54. The van der Waals surface area contributed by atoms with Crippen LogP contribution in [-0.2, 0) is 16.0 Å². The Morgan fingerprint density at radius 2 is 1.62 bits per heavy atom. The molecule has 2 amide bonds. The Morgan fingerprint density at radius 1 is 1.00 bits per heavy atom. The highest BCUT2D eigenvalue weighted by Gasteiger charge is 2.31. The number of rotatable bonds is 5. The van der Waals surface area contributed by atoms with Gasteiger partial charge >= 0.3 is 0 Å². The molecule has 0 bridgehead atoms. The Hall–Kier alpha value is -3.02. The fourth-order valence-corrected chi connectivity index (χ4v) is 2.68. The maximum atomic E-state index is 13.6. The first-order valence-electron chi connectivity index (χ1n) is 8.21. The van der Waals surface area contributed by atoms with Crippen LogP contribution in [0.5, 0.6) is 0 Å². The van der Waals surface area contributed by atoms with E-state index in [1.807, 2.05) is 31.2 Å². The van der Waals surface area contributed by atoms with E-state index in [9.17, 15) is 18.4 Å². The number of nitrogens with zero attached hydrogens (tertiary/aromatic N) is 1. The van der Waals surface area contributed by atoms with Gasteiger partial charge in [0.2, 0.25) is 0 Å². The van der Waals surface area contributed by atoms with Crippen LogP contribution in [-0.4, -0.2) is 23.3 Å². The number of amides is 2. The van der Waals surface area contributed by atoms with Gasteiger partial charge in [-0.15, -0.1) is 0 Å². The Morgan fingerprint density at radius 3 is 2.23 bits per heavy atom.